The number of thiophene rings is 1. The van der Waals surface area contributed by atoms with E-state index in [-0.39, 0.29) is 6.10 Å². The summed E-state index contributed by atoms with van der Waals surface area (Å²) in [5, 5.41) is 0. The summed E-state index contributed by atoms with van der Waals surface area (Å²) in [6.07, 6.45) is 0.0446. The summed E-state index contributed by atoms with van der Waals surface area (Å²) in [6, 6.07) is 3.36. The molecule has 7 heteroatoms. The molecule has 0 aromatic carbocycles. The van der Waals surface area contributed by atoms with Crippen LogP contribution < -0.4 is 0 Å². The highest BCUT2D eigenvalue weighted by atomic mass is 79.9. The first-order valence-corrected chi connectivity index (χ1v) is 7.37. The second-order valence-electron chi connectivity index (χ2n) is 3.24. The van der Waals surface area contributed by atoms with Crippen molar-refractivity contribution in [3.8, 4) is 0 Å². The van der Waals surface area contributed by atoms with Crippen molar-refractivity contribution in [2.75, 3.05) is 20.2 Å². The first-order valence-electron chi connectivity index (χ1n) is 4.32. The number of rotatable bonds is 3. The molecule has 0 unspecified atom stereocenters. The molecule has 0 radical (unpaired) electrons. The zero-order chi connectivity index (χ0) is 11.1. The van der Waals surface area contributed by atoms with E-state index in [1.54, 1.807) is 19.2 Å². The van der Waals surface area contributed by atoms with Crippen molar-refractivity contribution >= 4 is 37.3 Å². The molecule has 0 saturated carbocycles. The van der Waals surface area contributed by atoms with Crippen molar-refractivity contribution in [1.29, 1.82) is 0 Å². The van der Waals surface area contributed by atoms with E-state index in [9.17, 15) is 8.42 Å². The summed E-state index contributed by atoms with van der Waals surface area (Å²) in [5.74, 6) is 0. The number of hydrogen-bond acceptors (Lipinski definition) is 4. The number of halogens is 1. The predicted molar refractivity (Wildman–Crippen MR) is 61.6 cm³/mol. The lowest BCUT2D eigenvalue weighted by Crippen LogP contribution is -2.53. The third-order valence-electron chi connectivity index (χ3n) is 2.29. The van der Waals surface area contributed by atoms with Crippen LogP contribution in [0.25, 0.3) is 0 Å². The Kier molecular flexibility index (Phi) is 3.18. The highest BCUT2D eigenvalue weighted by Crippen LogP contribution is 2.30. The Labute approximate surface area is 101 Å². The molecule has 1 saturated heterocycles. The Morgan fingerprint density at radius 3 is 2.67 bits per heavy atom. The smallest absolute Gasteiger partial charge is 0.252 e. The predicted octanol–water partition coefficient (Wildman–Crippen LogP) is 1.53. The Balaban J connectivity index is 2.15. The van der Waals surface area contributed by atoms with Crippen molar-refractivity contribution in [3.63, 3.8) is 0 Å². The maximum atomic E-state index is 11.9. The molecule has 0 amide bonds. The van der Waals surface area contributed by atoms with Gasteiger partial charge in [-0.05, 0) is 28.1 Å². The molecular formula is C8H10BrNO3S2. The van der Waals surface area contributed by atoms with E-state index >= 15 is 0 Å². The van der Waals surface area contributed by atoms with E-state index < -0.39 is 10.0 Å². The molecule has 1 aromatic rings. The van der Waals surface area contributed by atoms with Crippen molar-refractivity contribution in [3.05, 3.63) is 15.9 Å². The molecule has 2 rings (SSSR count). The topological polar surface area (TPSA) is 46.6 Å². The average molecular weight is 312 g/mol. The summed E-state index contributed by atoms with van der Waals surface area (Å²) >= 11 is 4.48. The Bertz CT molecular complexity index is 450. The van der Waals surface area contributed by atoms with Gasteiger partial charge >= 0.3 is 0 Å². The molecule has 1 aliphatic heterocycles. The maximum absolute atomic E-state index is 11.9. The van der Waals surface area contributed by atoms with E-state index in [4.69, 9.17) is 4.74 Å². The van der Waals surface area contributed by atoms with Gasteiger partial charge in [-0.2, -0.15) is 4.31 Å². The molecule has 2 heterocycles. The number of methoxy groups -OCH3 is 1. The van der Waals surface area contributed by atoms with Crippen molar-refractivity contribution < 1.29 is 13.2 Å². The lowest BCUT2D eigenvalue weighted by atomic mass is 10.2. The Hall–Kier alpha value is 0.0500. The molecule has 84 valence electrons. The van der Waals surface area contributed by atoms with Crippen LogP contribution in [0.15, 0.2) is 20.1 Å². The normalized spacial score (nSPS) is 19.1. The molecule has 1 aliphatic rings. The standard InChI is InChI=1S/C8H10BrNO3S2/c1-13-6-4-10(5-6)15(11,12)8-3-2-7(9)14-8/h2-3,6H,4-5H2,1H3. The van der Waals surface area contributed by atoms with Gasteiger partial charge in [0, 0.05) is 20.2 Å². The van der Waals surface area contributed by atoms with Gasteiger partial charge in [-0.1, -0.05) is 0 Å². The monoisotopic (exact) mass is 311 g/mol. The van der Waals surface area contributed by atoms with E-state index in [0.717, 1.165) is 3.79 Å². The second-order valence-corrected chi connectivity index (χ2v) is 7.87. The van der Waals surface area contributed by atoms with Gasteiger partial charge in [0.15, 0.2) is 0 Å². The second kappa shape index (κ2) is 4.14. The molecular weight excluding hydrogens is 302 g/mol. The summed E-state index contributed by atoms with van der Waals surface area (Å²) in [5.41, 5.74) is 0. The van der Waals surface area contributed by atoms with Gasteiger partial charge in [0.1, 0.15) is 4.21 Å². The first kappa shape index (κ1) is 11.5. The van der Waals surface area contributed by atoms with Gasteiger partial charge in [-0.3, -0.25) is 0 Å². The van der Waals surface area contributed by atoms with Gasteiger partial charge in [0.2, 0.25) is 0 Å². The molecule has 0 atom stereocenters. The van der Waals surface area contributed by atoms with Crippen LogP contribution in [0.4, 0.5) is 0 Å². The van der Waals surface area contributed by atoms with E-state index in [1.807, 2.05) is 0 Å². The van der Waals surface area contributed by atoms with E-state index in [1.165, 1.54) is 15.6 Å². The van der Waals surface area contributed by atoms with Gasteiger partial charge in [-0.15, -0.1) is 11.3 Å². The quantitative estimate of drug-likeness (QED) is 0.850. The average Bonchev–Trinajstić information content (AvgIpc) is 2.50. The SMILES string of the molecule is COC1CN(S(=O)(=O)c2ccc(Br)s2)C1. The lowest BCUT2D eigenvalue weighted by Gasteiger charge is -2.36. The fourth-order valence-corrected chi connectivity index (χ4v) is 4.98. The van der Waals surface area contributed by atoms with Gasteiger partial charge < -0.3 is 4.74 Å². The van der Waals surface area contributed by atoms with Crippen LogP contribution in [0.5, 0.6) is 0 Å². The summed E-state index contributed by atoms with van der Waals surface area (Å²) in [7, 11) is -1.69. The molecule has 0 spiro atoms. The third-order valence-corrected chi connectivity index (χ3v) is 6.21. The molecule has 4 nitrogen and oxygen atoms in total. The van der Waals surface area contributed by atoms with Gasteiger partial charge in [0.05, 0.1) is 9.89 Å². The van der Waals surface area contributed by atoms with Crippen molar-refractivity contribution in [2.45, 2.75) is 10.3 Å². The van der Waals surface area contributed by atoms with Crippen LogP contribution in [-0.2, 0) is 14.8 Å². The molecule has 1 aromatic heterocycles. The highest BCUT2D eigenvalue weighted by molar-refractivity contribution is 9.11. The zero-order valence-corrected chi connectivity index (χ0v) is 11.2. The number of hydrogen-bond donors (Lipinski definition) is 0. The summed E-state index contributed by atoms with van der Waals surface area (Å²) < 4.78 is 31.6. The minimum atomic E-state index is -3.28. The first-order chi connectivity index (χ1) is 7.04. The molecule has 1 fully saturated rings. The van der Waals surface area contributed by atoms with Crippen LogP contribution in [0, 0.1) is 0 Å². The fraction of sp³-hybridized carbons (Fsp3) is 0.500. The van der Waals surface area contributed by atoms with Gasteiger partial charge in [-0.25, -0.2) is 8.42 Å². The molecule has 0 N–H and O–H groups in total. The maximum Gasteiger partial charge on any atom is 0.252 e. The summed E-state index contributed by atoms with van der Waals surface area (Å²) in [4.78, 5) is 0. The van der Waals surface area contributed by atoms with Crippen LogP contribution in [0.3, 0.4) is 0 Å². The summed E-state index contributed by atoms with van der Waals surface area (Å²) in [6.45, 7) is 0.905. The number of ether oxygens (including phenoxy) is 1. The number of sulfonamides is 1. The Morgan fingerprint density at radius 1 is 1.53 bits per heavy atom. The minimum Gasteiger partial charge on any atom is -0.379 e. The molecule has 0 bridgehead atoms. The number of nitrogens with zero attached hydrogens (tertiary/aromatic N) is 1. The zero-order valence-electron chi connectivity index (χ0n) is 8.01. The van der Waals surface area contributed by atoms with Crippen molar-refractivity contribution in [1.82, 2.24) is 4.31 Å². The highest BCUT2D eigenvalue weighted by Gasteiger charge is 2.37. The van der Waals surface area contributed by atoms with Crippen LogP contribution in [0.1, 0.15) is 0 Å². The largest absolute Gasteiger partial charge is 0.379 e. The molecule has 15 heavy (non-hydrogen) atoms. The van der Waals surface area contributed by atoms with Crippen LogP contribution in [0.2, 0.25) is 0 Å². The molecule has 0 aliphatic carbocycles. The van der Waals surface area contributed by atoms with Crippen molar-refractivity contribution in [2.24, 2.45) is 0 Å². The lowest BCUT2D eigenvalue weighted by molar-refractivity contribution is 0.0126. The Morgan fingerprint density at radius 2 is 2.20 bits per heavy atom. The van der Waals surface area contributed by atoms with Crippen LogP contribution >= 0.6 is 27.3 Å². The van der Waals surface area contributed by atoms with E-state index in [0.29, 0.717) is 17.3 Å². The third kappa shape index (κ3) is 2.12. The van der Waals surface area contributed by atoms with Crippen LogP contribution in [-0.4, -0.2) is 39.0 Å². The fourth-order valence-electron chi connectivity index (χ4n) is 1.31. The minimum absolute atomic E-state index is 0.0446. The van der Waals surface area contributed by atoms with E-state index in [2.05, 4.69) is 15.9 Å². The van der Waals surface area contributed by atoms with Gasteiger partial charge in [0.25, 0.3) is 10.0 Å².